The summed E-state index contributed by atoms with van der Waals surface area (Å²) in [5.74, 6) is 0.200. The van der Waals surface area contributed by atoms with Crippen LogP contribution in [0.4, 0.5) is 0 Å². The Morgan fingerprint density at radius 1 is 1.29 bits per heavy atom. The Morgan fingerprint density at radius 2 is 1.86 bits per heavy atom. The summed E-state index contributed by atoms with van der Waals surface area (Å²) in [6.07, 6.45) is 0.477. The fraction of sp³-hybridized carbons (Fsp3) is 0.417. The molecule has 0 spiro atoms. The quantitative estimate of drug-likeness (QED) is 0.788. The molecular weight excluding hydrogens is 174 g/mol. The van der Waals surface area contributed by atoms with Crippen molar-refractivity contribution in [1.29, 1.82) is 0 Å². The number of Topliss-reactive ketones (excluding diaryl/α,β-unsaturated/α-hetero) is 1. The maximum absolute atomic E-state index is 11.8. The average Bonchev–Trinajstić information content (AvgIpc) is 2.19. The van der Waals surface area contributed by atoms with Crippen LogP contribution in [0.25, 0.3) is 0 Å². The zero-order chi connectivity index (χ0) is 10.6. The summed E-state index contributed by atoms with van der Waals surface area (Å²) >= 11 is 0. The zero-order valence-corrected chi connectivity index (χ0v) is 8.79. The van der Waals surface area contributed by atoms with E-state index in [0.717, 1.165) is 5.56 Å². The van der Waals surface area contributed by atoms with Crippen molar-refractivity contribution in [3.05, 3.63) is 35.9 Å². The van der Waals surface area contributed by atoms with Crippen molar-refractivity contribution in [1.82, 2.24) is 0 Å². The van der Waals surface area contributed by atoms with Crippen molar-refractivity contribution in [2.24, 2.45) is 11.1 Å². The van der Waals surface area contributed by atoms with Gasteiger partial charge in [0.25, 0.3) is 0 Å². The van der Waals surface area contributed by atoms with Gasteiger partial charge in [-0.3, -0.25) is 4.79 Å². The number of ketones is 1. The molecule has 0 aliphatic rings. The summed E-state index contributed by atoms with van der Waals surface area (Å²) in [6.45, 7) is 4.18. The minimum atomic E-state index is -0.407. The van der Waals surface area contributed by atoms with Gasteiger partial charge >= 0.3 is 0 Å². The van der Waals surface area contributed by atoms with Crippen LogP contribution in [-0.4, -0.2) is 12.3 Å². The lowest BCUT2D eigenvalue weighted by molar-refractivity contribution is -0.125. The van der Waals surface area contributed by atoms with Crippen LogP contribution in [-0.2, 0) is 11.2 Å². The molecule has 0 aliphatic heterocycles. The van der Waals surface area contributed by atoms with Gasteiger partial charge in [0, 0.05) is 18.4 Å². The Kier molecular flexibility index (Phi) is 3.42. The van der Waals surface area contributed by atoms with Crippen LogP contribution in [0, 0.1) is 5.41 Å². The number of nitrogens with two attached hydrogens (primary N) is 1. The van der Waals surface area contributed by atoms with E-state index in [4.69, 9.17) is 5.73 Å². The molecule has 0 aromatic heterocycles. The first-order valence-electron chi connectivity index (χ1n) is 4.83. The van der Waals surface area contributed by atoms with E-state index in [9.17, 15) is 4.79 Å². The van der Waals surface area contributed by atoms with E-state index < -0.39 is 5.41 Å². The van der Waals surface area contributed by atoms with E-state index in [1.54, 1.807) is 0 Å². The van der Waals surface area contributed by atoms with Gasteiger partial charge in [-0.1, -0.05) is 44.2 Å². The molecule has 76 valence electrons. The molecule has 0 fully saturated rings. The minimum absolute atomic E-state index is 0.200. The molecule has 0 unspecified atom stereocenters. The number of benzene rings is 1. The number of hydrogen-bond donors (Lipinski definition) is 1. The lowest BCUT2D eigenvalue weighted by Crippen LogP contribution is -2.33. The smallest absolute Gasteiger partial charge is 0.144 e. The van der Waals surface area contributed by atoms with Gasteiger partial charge in [-0.05, 0) is 5.56 Å². The Morgan fingerprint density at radius 3 is 2.36 bits per heavy atom. The van der Waals surface area contributed by atoms with E-state index in [2.05, 4.69) is 0 Å². The van der Waals surface area contributed by atoms with Gasteiger partial charge in [0.05, 0.1) is 0 Å². The summed E-state index contributed by atoms with van der Waals surface area (Å²) in [5.41, 5.74) is 6.19. The first-order valence-corrected chi connectivity index (χ1v) is 4.83. The normalized spacial score (nSPS) is 11.4. The van der Waals surface area contributed by atoms with E-state index in [1.165, 1.54) is 0 Å². The van der Waals surface area contributed by atoms with Crippen LogP contribution in [0.5, 0.6) is 0 Å². The predicted octanol–water partition coefficient (Wildman–Crippen LogP) is 1.78. The third-order valence-electron chi connectivity index (χ3n) is 2.47. The molecule has 0 radical (unpaired) electrons. The predicted molar refractivity (Wildman–Crippen MR) is 58.0 cm³/mol. The molecule has 0 saturated carbocycles. The molecule has 14 heavy (non-hydrogen) atoms. The van der Waals surface area contributed by atoms with Gasteiger partial charge in [0.2, 0.25) is 0 Å². The molecular formula is C12H17NO. The number of carbonyl (C=O) groups excluding carboxylic acids is 1. The Hall–Kier alpha value is -1.15. The molecule has 0 amide bonds. The molecule has 0 saturated heterocycles. The highest BCUT2D eigenvalue weighted by Crippen LogP contribution is 2.17. The van der Waals surface area contributed by atoms with Crippen molar-refractivity contribution >= 4 is 5.78 Å². The molecule has 1 aromatic rings. The second kappa shape index (κ2) is 4.38. The molecule has 2 N–H and O–H groups in total. The Labute approximate surface area is 85.1 Å². The van der Waals surface area contributed by atoms with Crippen molar-refractivity contribution < 1.29 is 4.79 Å². The molecule has 2 nitrogen and oxygen atoms in total. The monoisotopic (exact) mass is 191 g/mol. The van der Waals surface area contributed by atoms with Gasteiger partial charge in [-0.2, -0.15) is 0 Å². The van der Waals surface area contributed by atoms with Crippen LogP contribution < -0.4 is 5.73 Å². The van der Waals surface area contributed by atoms with Crippen LogP contribution in [0.15, 0.2) is 30.3 Å². The Balaban J connectivity index is 2.67. The summed E-state index contributed by atoms with van der Waals surface area (Å²) in [4.78, 5) is 11.8. The van der Waals surface area contributed by atoms with Crippen molar-refractivity contribution in [2.75, 3.05) is 6.54 Å². The van der Waals surface area contributed by atoms with E-state index in [-0.39, 0.29) is 5.78 Å². The first-order chi connectivity index (χ1) is 6.56. The second-order valence-electron chi connectivity index (χ2n) is 4.17. The SMILES string of the molecule is CC(C)(CN)C(=O)Cc1ccccc1. The molecule has 1 aromatic carbocycles. The number of carbonyl (C=O) groups is 1. The number of hydrogen-bond acceptors (Lipinski definition) is 2. The first kappa shape index (κ1) is 10.9. The van der Waals surface area contributed by atoms with Crippen LogP contribution in [0.2, 0.25) is 0 Å². The molecule has 2 heteroatoms. The Bertz CT molecular complexity index is 303. The lowest BCUT2D eigenvalue weighted by Gasteiger charge is -2.20. The molecule has 0 bridgehead atoms. The lowest BCUT2D eigenvalue weighted by atomic mass is 9.85. The van der Waals surface area contributed by atoms with Crippen molar-refractivity contribution in [3.8, 4) is 0 Å². The highest BCUT2D eigenvalue weighted by Gasteiger charge is 2.25. The molecule has 0 aliphatic carbocycles. The van der Waals surface area contributed by atoms with E-state index in [0.29, 0.717) is 13.0 Å². The standard InChI is InChI=1S/C12H17NO/c1-12(2,9-13)11(14)8-10-6-4-3-5-7-10/h3-7H,8-9,13H2,1-2H3. The highest BCUT2D eigenvalue weighted by molar-refractivity contribution is 5.86. The molecule has 1 rings (SSSR count). The van der Waals surface area contributed by atoms with Gasteiger partial charge in [-0.25, -0.2) is 0 Å². The molecule has 0 atom stereocenters. The van der Waals surface area contributed by atoms with E-state index >= 15 is 0 Å². The van der Waals surface area contributed by atoms with Gasteiger partial charge in [-0.15, -0.1) is 0 Å². The average molecular weight is 191 g/mol. The van der Waals surface area contributed by atoms with E-state index in [1.807, 2.05) is 44.2 Å². The van der Waals surface area contributed by atoms with Crippen LogP contribution in [0.3, 0.4) is 0 Å². The van der Waals surface area contributed by atoms with Crippen molar-refractivity contribution in [2.45, 2.75) is 20.3 Å². The minimum Gasteiger partial charge on any atom is -0.329 e. The van der Waals surface area contributed by atoms with Gasteiger partial charge < -0.3 is 5.73 Å². The zero-order valence-electron chi connectivity index (χ0n) is 8.79. The molecule has 0 heterocycles. The second-order valence-corrected chi connectivity index (χ2v) is 4.17. The summed E-state index contributed by atoms with van der Waals surface area (Å²) in [5, 5.41) is 0. The fourth-order valence-corrected chi connectivity index (χ4v) is 1.13. The van der Waals surface area contributed by atoms with Gasteiger partial charge in [0.15, 0.2) is 0 Å². The fourth-order valence-electron chi connectivity index (χ4n) is 1.13. The maximum Gasteiger partial charge on any atom is 0.144 e. The number of rotatable bonds is 4. The summed E-state index contributed by atoms with van der Waals surface area (Å²) < 4.78 is 0. The maximum atomic E-state index is 11.8. The van der Waals surface area contributed by atoms with Crippen LogP contribution in [0.1, 0.15) is 19.4 Å². The summed E-state index contributed by atoms with van der Waals surface area (Å²) in [6, 6.07) is 9.76. The topological polar surface area (TPSA) is 43.1 Å². The third kappa shape index (κ3) is 2.67. The van der Waals surface area contributed by atoms with Crippen molar-refractivity contribution in [3.63, 3.8) is 0 Å². The van der Waals surface area contributed by atoms with Crippen LogP contribution >= 0.6 is 0 Å². The van der Waals surface area contributed by atoms with Gasteiger partial charge in [0.1, 0.15) is 5.78 Å². The summed E-state index contributed by atoms with van der Waals surface area (Å²) in [7, 11) is 0. The third-order valence-corrected chi connectivity index (χ3v) is 2.47. The largest absolute Gasteiger partial charge is 0.329 e. The highest BCUT2D eigenvalue weighted by atomic mass is 16.1.